The molecule has 0 heterocycles. The van der Waals surface area contributed by atoms with E-state index in [1.54, 1.807) is 6.07 Å². The highest BCUT2D eigenvalue weighted by Crippen LogP contribution is 2.39. The Morgan fingerprint density at radius 3 is 2.75 bits per heavy atom. The van der Waals surface area contributed by atoms with Crippen molar-refractivity contribution in [1.29, 1.82) is 0 Å². The lowest BCUT2D eigenvalue weighted by Crippen LogP contribution is -2.05. The smallest absolute Gasteiger partial charge is 0.123 e. The molecule has 3 rings (SSSR count). The van der Waals surface area contributed by atoms with Crippen LogP contribution in [0.4, 0.5) is 4.39 Å². The van der Waals surface area contributed by atoms with Crippen LogP contribution in [-0.2, 0) is 6.42 Å². The summed E-state index contributed by atoms with van der Waals surface area (Å²) < 4.78 is 13.5. The van der Waals surface area contributed by atoms with Crippen molar-refractivity contribution in [1.82, 2.24) is 0 Å². The average Bonchev–Trinajstić information content (AvgIpc) is 2.56. The number of benzene rings is 2. The summed E-state index contributed by atoms with van der Waals surface area (Å²) in [7, 11) is 0. The predicted molar refractivity (Wildman–Crippen MR) is 79.1 cm³/mol. The third kappa shape index (κ3) is 2.16. The molecule has 0 saturated carbocycles. The zero-order chi connectivity index (χ0) is 14.1. The Kier molecular flexibility index (Phi) is 3.41. The molecule has 1 nitrogen and oxygen atoms in total. The first-order valence-electron chi connectivity index (χ1n) is 6.88. The normalized spacial score (nSPS) is 17.3. The van der Waals surface area contributed by atoms with Crippen molar-refractivity contribution in [3.8, 4) is 0 Å². The Balaban J connectivity index is 2.19. The number of hydrogen-bond donors (Lipinski definition) is 1. The van der Waals surface area contributed by atoms with Gasteiger partial charge in [0.15, 0.2) is 0 Å². The second kappa shape index (κ2) is 5.22. The van der Waals surface area contributed by atoms with Crippen molar-refractivity contribution < 1.29 is 9.50 Å². The molecule has 0 radical (unpaired) electrons. The van der Waals surface area contributed by atoms with E-state index in [2.05, 4.69) is 18.7 Å². The first-order valence-corrected chi connectivity index (χ1v) is 6.88. The second-order valence-electron chi connectivity index (χ2n) is 5.28. The summed E-state index contributed by atoms with van der Waals surface area (Å²) in [6.07, 6.45) is 1.42. The van der Waals surface area contributed by atoms with Crippen LogP contribution in [-0.4, -0.2) is 11.7 Å². The molecule has 0 amide bonds. The van der Waals surface area contributed by atoms with Gasteiger partial charge in [0, 0.05) is 6.61 Å². The van der Waals surface area contributed by atoms with Crippen molar-refractivity contribution in [2.24, 2.45) is 0 Å². The van der Waals surface area contributed by atoms with E-state index in [-0.39, 0.29) is 18.3 Å². The van der Waals surface area contributed by atoms with Gasteiger partial charge in [-0.15, -0.1) is 0 Å². The first-order chi connectivity index (χ1) is 9.70. The molecule has 0 bridgehead atoms. The van der Waals surface area contributed by atoms with Gasteiger partial charge in [-0.05, 0) is 58.7 Å². The Morgan fingerprint density at radius 1 is 1.15 bits per heavy atom. The fourth-order valence-electron chi connectivity index (χ4n) is 3.09. The van der Waals surface area contributed by atoms with Crippen LogP contribution < -0.4 is 0 Å². The van der Waals surface area contributed by atoms with E-state index in [0.29, 0.717) is 6.42 Å². The lowest BCUT2D eigenvalue weighted by molar-refractivity contribution is 0.275. The third-order valence-electron chi connectivity index (χ3n) is 4.06. The minimum absolute atomic E-state index is 0.135. The minimum atomic E-state index is -0.217. The highest BCUT2D eigenvalue weighted by atomic mass is 19.1. The molecule has 0 spiro atoms. The molecule has 0 fully saturated rings. The monoisotopic (exact) mass is 268 g/mol. The van der Waals surface area contributed by atoms with Crippen LogP contribution in [0.2, 0.25) is 0 Å². The largest absolute Gasteiger partial charge is 0.396 e. The Morgan fingerprint density at radius 2 is 1.95 bits per heavy atom. The molecule has 1 N–H and O–H groups in total. The van der Waals surface area contributed by atoms with Crippen LogP contribution in [0.15, 0.2) is 49.0 Å². The van der Waals surface area contributed by atoms with Crippen molar-refractivity contribution in [2.45, 2.75) is 18.8 Å². The number of aliphatic hydroxyl groups is 1. The minimum Gasteiger partial charge on any atom is -0.396 e. The van der Waals surface area contributed by atoms with E-state index in [0.717, 1.165) is 28.7 Å². The van der Waals surface area contributed by atoms with Crippen molar-refractivity contribution in [3.63, 3.8) is 0 Å². The summed E-state index contributed by atoms with van der Waals surface area (Å²) in [6.45, 7) is 4.33. The van der Waals surface area contributed by atoms with Crippen molar-refractivity contribution in [3.05, 3.63) is 77.1 Å². The molecule has 2 heteroatoms. The van der Waals surface area contributed by atoms with Crippen molar-refractivity contribution in [2.75, 3.05) is 6.61 Å². The highest BCUT2D eigenvalue weighted by Gasteiger charge is 2.23. The fraction of sp³-hybridized carbons (Fsp3) is 0.222. The van der Waals surface area contributed by atoms with Crippen molar-refractivity contribution >= 4 is 5.57 Å². The van der Waals surface area contributed by atoms with Gasteiger partial charge < -0.3 is 5.11 Å². The van der Waals surface area contributed by atoms with Gasteiger partial charge in [-0.3, -0.25) is 0 Å². The Hall–Kier alpha value is -1.93. The summed E-state index contributed by atoms with van der Waals surface area (Å²) in [4.78, 5) is 0. The topological polar surface area (TPSA) is 20.2 Å². The second-order valence-corrected chi connectivity index (χ2v) is 5.28. The maximum absolute atomic E-state index is 13.5. The Bertz CT molecular complexity index is 660. The number of rotatable bonds is 2. The maximum atomic E-state index is 13.5. The Labute approximate surface area is 118 Å². The standard InChI is InChI=1S/C18H17FO/c1-12-16-7-6-15(19)11-14(16)10-13(8-9-20)18-5-3-2-4-17(12)18/h2-7,11,13,20H,1,8-10H2/t13-/m0/s1. The van der Waals surface area contributed by atoms with Gasteiger partial charge in [0.25, 0.3) is 0 Å². The summed E-state index contributed by atoms with van der Waals surface area (Å²) >= 11 is 0. The summed E-state index contributed by atoms with van der Waals surface area (Å²) in [6, 6.07) is 13.0. The molecule has 2 aromatic rings. The highest BCUT2D eigenvalue weighted by molar-refractivity contribution is 5.82. The van der Waals surface area contributed by atoms with Gasteiger partial charge in [0.1, 0.15) is 5.82 Å². The van der Waals surface area contributed by atoms with Crippen LogP contribution >= 0.6 is 0 Å². The van der Waals surface area contributed by atoms with Gasteiger partial charge in [-0.2, -0.15) is 0 Å². The molecule has 0 aromatic heterocycles. The zero-order valence-corrected chi connectivity index (χ0v) is 11.3. The van der Waals surface area contributed by atoms with E-state index in [9.17, 15) is 9.50 Å². The van der Waals surface area contributed by atoms with Crippen LogP contribution in [0.5, 0.6) is 0 Å². The van der Waals surface area contributed by atoms with E-state index in [4.69, 9.17) is 0 Å². The van der Waals surface area contributed by atoms with E-state index in [1.807, 2.05) is 18.2 Å². The molecule has 1 atom stereocenters. The van der Waals surface area contributed by atoms with Gasteiger partial charge in [-0.25, -0.2) is 4.39 Å². The summed E-state index contributed by atoms with van der Waals surface area (Å²) in [5, 5.41) is 9.31. The van der Waals surface area contributed by atoms with Gasteiger partial charge in [0.2, 0.25) is 0 Å². The number of hydrogen-bond acceptors (Lipinski definition) is 1. The number of halogens is 1. The predicted octanol–water partition coefficient (Wildman–Crippen LogP) is 3.91. The molecule has 2 aromatic carbocycles. The number of fused-ring (bicyclic) bond motifs is 2. The first kappa shape index (κ1) is 13.1. The molecule has 102 valence electrons. The van der Waals surface area contributed by atoms with E-state index >= 15 is 0 Å². The molecule has 0 unspecified atom stereocenters. The molecular formula is C18H17FO. The quantitative estimate of drug-likeness (QED) is 0.875. The summed E-state index contributed by atoms with van der Waals surface area (Å²) in [5.74, 6) is -0.0127. The van der Waals surface area contributed by atoms with Crippen LogP contribution in [0.1, 0.15) is 34.6 Å². The van der Waals surface area contributed by atoms with Crippen LogP contribution in [0.25, 0.3) is 5.57 Å². The summed E-state index contributed by atoms with van der Waals surface area (Å²) in [5.41, 5.74) is 5.24. The fourth-order valence-corrected chi connectivity index (χ4v) is 3.09. The van der Waals surface area contributed by atoms with Crippen LogP contribution in [0.3, 0.4) is 0 Å². The molecular weight excluding hydrogens is 251 g/mol. The third-order valence-corrected chi connectivity index (χ3v) is 4.06. The van der Waals surface area contributed by atoms with Gasteiger partial charge >= 0.3 is 0 Å². The SMILES string of the molecule is C=C1c2ccc(F)cc2C[C@H](CCO)c2ccccc21. The van der Waals surface area contributed by atoms with Gasteiger partial charge in [0.05, 0.1) is 0 Å². The number of aliphatic hydroxyl groups excluding tert-OH is 1. The van der Waals surface area contributed by atoms with Crippen LogP contribution in [0, 0.1) is 5.82 Å². The average molecular weight is 268 g/mol. The van der Waals surface area contributed by atoms with E-state index in [1.165, 1.54) is 11.6 Å². The molecule has 1 aliphatic carbocycles. The maximum Gasteiger partial charge on any atom is 0.123 e. The lowest BCUT2D eigenvalue weighted by atomic mass is 9.89. The zero-order valence-electron chi connectivity index (χ0n) is 11.3. The van der Waals surface area contributed by atoms with E-state index < -0.39 is 0 Å². The molecule has 1 aliphatic rings. The molecule has 0 aliphatic heterocycles. The lowest BCUT2D eigenvalue weighted by Gasteiger charge is -2.16. The molecule has 0 saturated heterocycles. The molecule has 20 heavy (non-hydrogen) atoms. The van der Waals surface area contributed by atoms with Gasteiger partial charge in [-0.1, -0.05) is 36.9 Å².